The number of benzene rings is 9. The molecule has 0 bridgehead atoms. The molecule has 1 aromatic heterocycles. The topological polar surface area (TPSA) is 29.5 Å². The summed E-state index contributed by atoms with van der Waals surface area (Å²) < 4.78 is 17.5. The van der Waals surface area contributed by atoms with Crippen LogP contribution in [0.3, 0.4) is 0 Å². The lowest BCUT2D eigenvalue weighted by Gasteiger charge is -2.39. The molecule has 0 N–H and O–H groups in total. The third-order valence-corrected chi connectivity index (χ3v) is 15.3. The number of nitrogens with zero attached hydrogens (tertiary/aromatic N) is 1. The van der Waals surface area contributed by atoms with Gasteiger partial charge in [-0.25, -0.2) is 0 Å². The van der Waals surface area contributed by atoms with Crippen molar-refractivity contribution in [1.82, 2.24) is 0 Å². The smallest absolute Gasteiger partial charge is 0.342 e. The summed E-state index contributed by atoms with van der Waals surface area (Å²) in [6.07, 6.45) is 1.88. The van der Waals surface area contributed by atoms with Crippen LogP contribution in [0.15, 0.2) is 203 Å². The van der Waals surface area contributed by atoms with Crippen LogP contribution in [-0.4, -0.2) is 0 Å². The van der Waals surface area contributed by atoms with E-state index in [1.165, 1.54) is 54.3 Å². The molecule has 0 radical (unpaired) electrons. The van der Waals surface area contributed by atoms with Crippen molar-refractivity contribution in [2.24, 2.45) is 0 Å². The average Bonchev–Trinajstić information content (AvgIpc) is 3.44. The zero-order valence-corrected chi connectivity index (χ0v) is 32.4. The van der Waals surface area contributed by atoms with Gasteiger partial charge in [-0.3, -0.25) is 4.67 Å². The van der Waals surface area contributed by atoms with Gasteiger partial charge >= 0.3 is 8.16 Å². The first-order valence-corrected chi connectivity index (χ1v) is 21.8. The van der Waals surface area contributed by atoms with Gasteiger partial charge in [0.25, 0.3) is 0 Å². The molecule has 9 aromatic carbocycles. The highest BCUT2D eigenvalue weighted by atomic mass is 31.1. The first-order valence-electron chi connectivity index (χ1n) is 19.3. The fourth-order valence-corrected chi connectivity index (χ4v) is 13.1. The van der Waals surface area contributed by atoms with Gasteiger partial charge < -0.3 is 8.39 Å². The predicted octanol–water partition coefficient (Wildman–Crippen LogP) is 13.5. The van der Waals surface area contributed by atoms with Crippen LogP contribution < -0.4 is 20.6 Å². The molecule has 1 unspecified atom stereocenters. The lowest BCUT2D eigenvalue weighted by Crippen LogP contribution is -2.33. The first-order chi connectivity index (χ1) is 27.8. The Morgan fingerprint density at radius 3 is 1.57 bits per heavy atom. The summed E-state index contributed by atoms with van der Waals surface area (Å²) in [6.45, 7) is 0. The van der Waals surface area contributed by atoms with Gasteiger partial charge in [-0.2, -0.15) is 0 Å². The van der Waals surface area contributed by atoms with E-state index < -0.39 is 16.1 Å². The Balaban J connectivity index is 1.27. The van der Waals surface area contributed by atoms with E-state index in [1.54, 1.807) is 0 Å². The minimum atomic E-state index is -1.74. The number of aryl methyl sites for hydroxylation is 1. The Labute approximate surface area is 327 Å². The molecule has 1 aliphatic rings. The van der Waals surface area contributed by atoms with Crippen LogP contribution in [0.5, 0.6) is 0 Å². The molecule has 0 aliphatic carbocycles. The number of para-hydroxylation sites is 1. The van der Waals surface area contributed by atoms with Gasteiger partial charge in [0.2, 0.25) is 0 Å². The van der Waals surface area contributed by atoms with Crippen molar-refractivity contribution in [3.8, 4) is 0 Å². The highest BCUT2D eigenvalue weighted by Gasteiger charge is 2.37. The van der Waals surface area contributed by atoms with Gasteiger partial charge in [-0.15, -0.1) is 0 Å². The van der Waals surface area contributed by atoms with Crippen LogP contribution in [-0.2, 0) is 6.42 Å². The maximum absolute atomic E-state index is 7.48. The van der Waals surface area contributed by atoms with Gasteiger partial charge in [0.15, 0.2) is 0 Å². The highest BCUT2D eigenvalue weighted by molar-refractivity contribution is 7.80. The second kappa shape index (κ2) is 13.9. The molecule has 1 atom stereocenters. The molecule has 11 rings (SSSR count). The van der Waals surface area contributed by atoms with Crippen molar-refractivity contribution in [1.29, 1.82) is 0 Å². The minimum absolute atomic E-state index is 0.00447. The van der Waals surface area contributed by atoms with Crippen molar-refractivity contribution in [2.75, 3.05) is 4.67 Å². The quantitative estimate of drug-likeness (QED) is 0.164. The normalized spacial score (nSPS) is 14.2. The first kappa shape index (κ1) is 33.2. The fourth-order valence-electron chi connectivity index (χ4n) is 8.85. The summed E-state index contributed by atoms with van der Waals surface area (Å²) in [6, 6.07) is 70.6. The zero-order valence-electron chi connectivity index (χ0n) is 30.6. The Hall–Kier alpha value is -6.11. The number of anilines is 1. The third kappa shape index (κ3) is 5.54. The number of rotatable bonds is 5. The molecular weight excluding hydrogens is 721 g/mol. The van der Waals surface area contributed by atoms with Crippen LogP contribution in [0.25, 0.3) is 54.3 Å². The summed E-state index contributed by atoms with van der Waals surface area (Å²) in [5.41, 5.74) is 5.55. The van der Waals surface area contributed by atoms with Gasteiger partial charge in [-0.1, -0.05) is 182 Å². The number of fused-ring (bicyclic) bond motifs is 9. The molecule has 3 nitrogen and oxygen atoms in total. The molecule has 56 heavy (non-hydrogen) atoms. The lowest BCUT2D eigenvalue weighted by molar-refractivity contribution is 0.579. The van der Waals surface area contributed by atoms with Crippen molar-refractivity contribution >= 4 is 91.9 Å². The van der Waals surface area contributed by atoms with Gasteiger partial charge in [0, 0.05) is 16.1 Å². The van der Waals surface area contributed by atoms with Crippen LogP contribution in [0.4, 0.5) is 5.69 Å². The number of hydrogen-bond acceptors (Lipinski definition) is 3. The Morgan fingerprint density at radius 2 is 0.964 bits per heavy atom. The molecule has 10 aromatic rings. The molecule has 268 valence electrons. The summed E-state index contributed by atoms with van der Waals surface area (Å²) >= 11 is 0. The zero-order chi connectivity index (χ0) is 37.0. The van der Waals surface area contributed by atoms with Crippen LogP contribution in [0.1, 0.15) is 23.6 Å². The molecular formula is C51H37NO2P2. The predicted molar refractivity (Wildman–Crippen MR) is 239 cm³/mol. The van der Waals surface area contributed by atoms with Crippen LogP contribution in [0.2, 0.25) is 0 Å². The van der Waals surface area contributed by atoms with Crippen molar-refractivity contribution in [2.45, 2.75) is 18.9 Å². The van der Waals surface area contributed by atoms with Gasteiger partial charge in [0.1, 0.15) is 11.2 Å². The monoisotopic (exact) mass is 757 g/mol. The summed E-state index contributed by atoms with van der Waals surface area (Å²) in [5.74, 6) is 0. The molecule has 0 saturated heterocycles. The molecule has 0 amide bonds. The van der Waals surface area contributed by atoms with Crippen molar-refractivity contribution < 1.29 is 8.39 Å². The van der Waals surface area contributed by atoms with Crippen LogP contribution in [0, 0.1) is 0 Å². The van der Waals surface area contributed by atoms with Gasteiger partial charge in [0.05, 0.1) is 11.7 Å². The average molecular weight is 758 g/mol. The highest BCUT2D eigenvalue weighted by Crippen LogP contribution is 2.54. The van der Waals surface area contributed by atoms with Crippen LogP contribution >= 0.6 is 16.1 Å². The molecule has 0 fully saturated rings. The largest absolute Gasteiger partial charge is 0.404 e. The van der Waals surface area contributed by atoms with E-state index in [0.717, 1.165) is 45.6 Å². The molecule has 1 aliphatic heterocycles. The molecule has 0 spiro atoms. The maximum atomic E-state index is 7.48. The second-order valence-corrected chi connectivity index (χ2v) is 18.0. The van der Waals surface area contributed by atoms with E-state index in [0.29, 0.717) is 0 Å². The minimum Gasteiger partial charge on any atom is -0.404 e. The summed E-state index contributed by atoms with van der Waals surface area (Å²) in [5, 5.41) is 13.3. The second-order valence-electron chi connectivity index (χ2n) is 14.5. The molecule has 2 heterocycles. The van der Waals surface area contributed by atoms with E-state index in [1.807, 2.05) is 0 Å². The fraction of sp³-hybridized carbons (Fsp3) is 0.0588. The molecule has 0 saturated carbocycles. The van der Waals surface area contributed by atoms with Gasteiger partial charge in [-0.05, 0) is 86.9 Å². The maximum Gasteiger partial charge on any atom is 0.342 e. The Morgan fingerprint density at radius 1 is 0.464 bits per heavy atom. The lowest BCUT2D eigenvalue weighted by atomic mass is 9.90. The summed E-state index contributed by atoms with van der Waals surface area (Å²) in [7, 11) is -2.67. The van der Waals surface area contributed by atoms with E-state index in [4.69, 9.17) is 8.39 Å². The van der Waals surface area contributed by atoms with E-state index >= 15 is 0 Å². The van der Waals surface area contributed by atoms with Crippen molar-refractivity contribution in [3.05, 3.63) is 205 Å². The SMILES string of the molecule is c1ccc(P(c2ccccc2)c2cccc3c2N(p2oc4ccc5ccccc5c4c4c(ccc5ccccc54)o2)C(c2cccc4ccccc24)CC3)cc1. The number of hydrogen-bond donors (Lipinski definition) is 0. The molecule has 5 heteroatoms. The van der Waals surface area contributed by atoms with Crippen molar-refractivity contribution in [3.63, 3.8) is 0 Å². The Kier molecular flexibility index (Phi) is 8.24. The van der Waals surface area contributed by atoms with E-state index in [-0.39, 0.29) is 6.04 Å². The van der Waals surface area contributed by atoms with E-state index in [9.17, 15) is 0 Å². The van der Waals surface area contributed by atoms with E-state index in [2.05, 4.69) is 199 Å². The Bertz CT molecular complexity index is 2980. The standard InChI is InChI=1S/C51H37NO2P2/c1-3-20-39(21-4-1)55(40-22-5-2-6-23-40)48-28-14-19-38-29-32-45(44-27-13-18-35-15-7-10-24-41(35)44)52(51(38)48)56-53-46-33-30-36-16-8-11-25-42(36)49(46)50-43-26-12-9-17-37(43)31-34-47(50)54-56/h1-28,30-31,33-34,45H,29,32H2. The third-order valence-electron chi connectivity index (χ3n) is 11.3. The summed E-state index contributed by atoms with van der Waals surface area (Å²) in [4.78, 5) is 0.